The van der Waals surface area contributed by atoms with Crippen LogP contribution in [-0.4, -0.2) is 60.0 Å². The van der Waals surface area contributed by atoms with Gasteiger partial charge < -0.3 is 14.5 Å². The number of benzene rings is 2. The van der Waals surface area contributed by atoms with Crippen LogP contribution < -0.4 is 9.64 Å². The standard InChI is InChI=1S/C23H23FN4O2S/c1-30-19-6-2-17(3-7-19)21-10-11-22(26-25-21)27-12-14-28(15-13-27)23(29)16-31-20-8-4-18(24)5-9-20/h2-11H,12-16H2,1H3. The van der Waals surface area contributed by atoms with E-state index in [1.54, 1.807) is 19.2 Å². The highest BCUT2D eigenvalue weighted by Crippen LogP contribution is 2.23. The number of amides is 1. The highest BCUT2D eigenvalue weighted by Gasteiger charge is 2.22. The molecule has 1 aliphatic heterocycles. The molecular formula is C23H23FN4O2S. The summed E-state index contributed by atoms with van der Waals surface area (Å²) < 4.78 is 18.2. The molecule has 0 saturated carbocycles. The zero-order valence-electron chi connectivity index (χ0n) is 17.2. The lowest BCUT2D eigenvalue weighted by Crippen LogP contribution is -2.49. The summed E-state index contributed by atoms with van der Waals surface area (Å²) in [7, 11) is 1.64. The van der Waals surface area contributed by atoms with Crippen LogP contribution in [0.2, 0.25) is 0 Å². The third-order valence-electron chi connectivity index (χ3n) is 5.17. The van der Waals surface area contributed by atoms with E-state index in [1.807, 2.05) is 41.3 Å². The lowest BCUT2D eigenvalue weighted by Gasteiger charge is -2.35. The van der Waals surface area contributed by atoms with E-state index in [4.69, 9.17) is 4.74 Å². The number of hydrogen-bond donors (Lipinski definition) is 0. The van der Waals surface area contributed by atoms with Crippen LogP contribution in [0.4, 0.5) is 10.2 Å². The van der Waals surface area contributed by atoms with Gasteiger partial charge in [0.25, 0.3) is 0 Å². The maximum atomic E-state index is 13.0. The van der Waals surface area contributed by atoms with Gasteiger partial charge in [-0.05, 0) is 60.7 Å². The van der Waals surface area contributed by atoms with E-state index in [0.717, 1.165) is 27.7 Å². The number of aromatic nitrogens is 2. The van der Waals surface area contributed by atoms with Gasteiger partial charge in [0.2, 0.25) is 5.91 Å². The van der Waals surface area contributed by atoms with E-state index in [2.05, 4.69) is 15.1 Å². The lowest BCUT2D eigenvalue weighted by molar-refractivity contribution is -0.128. The first-order valence-corrected chi connectivity index (χ1v) is 11.0. The van der Waals surface area contributed by atoms with Crippen LogP contribution in [0.15, 0.2) is 65.6 Å². The van der Waals surface area contributed by atoms with Crippen LogP contribution in [0.1, 0.15) is 0 Å². The summed E-state index contributed by atoms with van der Waals surface area (Å²) in [6, 6.07) is 17.8. The van der Waals surface area contributed by atoms with Crippen molar-refractivity contribution in [1.29, 1.82) is 0 Å². The van der Waals surface area contributed by atoms with Gasteiger partial charge in [-0.25, -0.2) is 4.39 Å². The van der Waals surface area contributed by atoms with Crippen molar-refractivity contribution >= 4 is 23.5 Å². The van der Waals surface area contributed by atoms with Crippen LogP contribution >= 0.6 is 11.8 Å². The average Bonchev–Trinajstić information content (AvgIpc) is 2.84. The summed E-state index contributed by atoms with van der Waals surface area (Å²) in [4.78, 5) is 17.4. The van der Waals surface area contributed by atoms with Crippen LogP contribution in [0, 0.1) is 5.82 Å². The molecule has 160 valence electrons. The fraction of sp³-hybridized carbons (Fsp3) is 0.261. The number of nitrogens with zero attached hydrogens (tertiary/aromatic N) is 4. The first-order chi connectivity index (χ1) is 15.1. The second-order valence-electron chi connectivity index (χ2n) is 7.12. The van der Waals surface area contributed by atoms with Crippen molar-refractivity contribution < 1.29 is 13.9 Å². The molecule has 0 bridgehead atoms. The number of halogens is 1. The van der Waals surface area contributed by atoms with Gasteiger partial charge in [-0.1, -0.05) is 0 Å². The molecule has 0 atom stereocenters. The third kappa shape index (κ3) is 5.32. The van der Waals surface area contributed by atoms with Gasteiger partial charge in [0.15, 0.2) is 5.82 Å². The number of carbonyl (C=O) groups is 1. The van der Waals surface area contributed by atoms with Crippen LogP contribution in [0.5, 0.6) is 5.75 Å². The van der Waals surface area contributed by atoms with E-state index < -0.39 is 0 Å². The number of ether oxygens (including phenoxy) is 1. The number of carbonyl (C=O) groups excluding carboxylic acids is 1. The van der Waals surface area contributed by atoms with Crippen molar-refractivity contribution in [2.45, 2.75) is 4.90 Å². The molecule has 1 aromatic heterocycles. The van der Waals surface area contributed by atoms with E-state index >= 15 is 0 Å². The molecule has 6 nitrogen and oxygen atoms in total. The SMILES string of the molecule is COc1ccc(-c2ccc(N3CCN(C(=O)CSc4ccc(F)cc4)CC3)nn2)cc1. The molecule has 4 rings (SSSR count). The summed E-state index contributed by atoms with van der Waals surface area (Å²) in [5.41, 5.74) is 1.78. The molecule has 0 unspecified atom stereocenters. The molecule has 8 heteroatoms. The Hall–Kier alpha value is -3.13. The summed E-state index contributed by atoms with van der Waals surface area (Å²) in [5, 5.41) is 8.74. The Morgan fingerprint density at radius 3 is 2.29 bits per heavy atom. The highest BCUT2D eigenvalue weighted by molar-refractivity contribution is 8.00. The van der Waals surface area contributed by atoms with E-state index in [9.17, 15) is 9.18 Å². The number of thioether (sulfide) groups is 1. The molecule has 1 amide bonds. The summed E-state index contributed by atoms with van der Waals surface area (Å²) in [6.07, 6.45) is 0. The summed E-state index contributed by atoms with van der Waals surface area (Å²) in [6.45, 7) is 2.71. The Morgan fingerprint density at radius 1 is 0.968 bits per heavy atom. The minimum absolute atomic E-state index is 0.0925. The van der Waals surface area contributed by atoms with Gasteiger partial charge in [0, 0.05) is 36.6 Å². The fourth-order valence-electron chi connectivity index (χ4n) is 3.36. The van der Waals surface area contributed by atoms with Crippen LogP contribution in [0.25, 0.3) is 11.3 Å². The van der Waals surface area contributed by atoms with Crippen LogP contribution in [0.3, 0.4) is 0 Å². The Labute approximate surface area is 185 Å². The quantitative estimate of drug-likeness (QED) is 0.547. The number of anilines is 1. The monoisotopic (exact) mass is 438 g/mol. The van der Waals surface area contributed by atoms with Gasteiger partial charge in [-0.2, -0.15) is 0 Å². The predicted octanol–water partition coefficient (Wildman–Crippen LogP) is 3.73. The Balaban J connectivity index is 1.28. The van der Waals surface area contributed by atoms with Crippen molar-refractivity contribution in [3.05, 3.63) is 66.5 Å². The lowest BCUT2D eigenvalue weighted by atomic mass is 10.1. The molecule has 0 spiro atoms. The van der Waals surface area contributed by atoms with Gasteiger partial charge in [0.1, 0.15) is 11.6 Å². The molecule has 1 saturated heterocycles. The number of hydrogen-bond acceptors (Lipinski definition) is 6. The van der Waals surface area contributed by atoms with Crippen molar-refractivity contribution in [1.82, 2.24) is 15.1 Å². The predicted molar refractivity (Wildman–Crippen MR) is 120 cm³/mol. The second-order valence-corrected chi connectivity index (χ2v) is 8.16. The Morgan fingerprint density at radius 2 is 1.68 bits per heavy atom. The first-order valence-electron chi connectivity index (χ1n) is 10.0. The first kappa shape index (κ1) is 21.1. The van der Waals surface area contributed by atoms with Gasteiger partial charge in [-0.3, -0.25) is 4.79 Å². The van der Waals surface area contributed by atoms with E-state index in [0.29, 0.717) is 31.9 Å². The van der Waals surface area contributed by atoms with Crippen molar-refractivity contribution in [2.24, 2.45) is 0 Å². The van der Waals surface area contributed by atoms with Gasteiger partial charge in [0.05, 0.1) is 18.6 Å². The molecule has 2 heterocycles. The van der Waals surface area contributed by atoms with E-state index in [-0.39, 0.29) is 11.7 Å². The zero-order chi connectivity index (χ0) is 21.6. The summed E-state index contributed by atoms with van der Waals surface area (Å²) in [5.74, 6) is 1.78. The fourth-order valence-corrected chi connectivity index (χ4v) is 4.16. The van der Waals surface area contributed by atoms with Gasteiger partial charge in [-0.15, -0.1) is 22.0 Å². The Kier molecular flexibility index (Phi) is 6.66. The summed E-state index contributed by atoms with van der Waals surface area (Å²) >= 11 is 1.43. The third-order valence-corrected chi connectivity index (χ3v) is 6.17. The highest BCUT2D eigenvalue weighted by atomic mass is 32.2. The van der Waals surface area contributed by atoms with Gasteiger partial charge >= 0.3 is 0 Å². The maximum Gasteiger partial charge on any atom is 0.233 e. The largest absolute Gasteiger partial charge is 0.497 e. The molecule has 0 N–H and O–H groups in total. The number of methoxy groups -OCH3 is 1. The molecule has 0 aliphatic carbocycles. The molecule has 3 aromatic rings. The topological polar surface area (TPSA) is 58.6 Å². The number of piperazine rings is 1. The second kappa shape index (κ2) is 9.78. The van der Waals surface area contributed by atoms with E-state index in [1.165, 1.54) is 23.9 Å². The average molecular weight is 439 g/mol. The minimum atomic E-state index is -0.271. The normalized spacial score (nSPS) is 13.9. The molecule has 1 fully saturated rings. The molecule has 31 heavy (non-hydrogen) atoms. The number of rotatable bonds is 6. The maximum absolute atomic E-state index is 13.0. The smallest absolute Gasteiger partial charge is 0.233 e. The zero-order valence-corrected chi connectivity index (χ0v) is 18.0. The Bertz CT molecular complexity index is 1010. The molecule has 2 aromatic carbocycles. The van der Waals surface area contributed by atoms with Crippen molar-refractivity contribution in [2.75, 3.05) is 43.9 Å². The molecule has 1 aliphatic rings. The molecular weight excluding hydrogens is 415 g/mol. The van der Waals surface area contributed by atoms with Crippen molar-refractivity contribution in [3.8, 4) is 17.0 Å². The molecule has 0 radical (unpaired) electrons. The minimum Gasteiger partial charge on any atom is -0.497 e. The van der Waals surface area contributed by atoms with Crippen LogP contribution in [-0.2, 0) is 4.79 Å². The van der Waals surface area contributed by atoms with Crippen molar-refractivity contribution in [3.63, 3.8) is 0 Å².